The van der Waals surface area contributed by atoms with Gasteiger partial charge in [-0.1, -0.05) is 18.2 Å². The van der Waals surface area contributed by atoms with Gasteiger partial charge in [0.15, 0.2) is 0 Å². The minimum atomic E-state index is -4.58. The first kappa shape index (κ1) is 31.5. The monoisotopic (exact) mass is 609 g/mol. The second-order valence-electron chi connectivity index (χ2n) is 11.6. The van der Waals surface area contributed by atoms with Crippen LogP contribution in [0.4, 0.5) is 18.9 Å². The number of piperidine rings is 1. The number of ether oxygens (including phenoxy) is 1. The Morgan fingerprint density at radius 3 is 2.43 bits per heavy atom. The molecule has 0 unspecified atom stereocenters. The third kappa shape index (κ3) is 8.15. The van der Waals surface area contributed by atoms with Crippen LogP contribution in [0, 0.1) is 6.92 Å². The predicted octanol–water partition coefficient (Wildman–Crippen LogP) is 5.02. The first-order chi connectivity index (χ1) is 21.0. The average Bonchev–Trinajstić information content (AvgIpc) is 3.00. The van der Waals surface area contributed by atoms with Crippen LogP contribution >= 0.6 is 0 Å². The standard InChI is InChI=1S/C33H38F3N5O3/c1-23-5-8-27(20-30(23)44-28-9-12-41(13-10-28)31(42)18-24-4-3-11-37-21-24)38-32(43)25-6-7-26(29(19-25)33(34,35)36)22-40-16-14-39(2)15-17-40/h3-8,11,19-21,28H,9-10,12-18,22H2,1-2H3,(H,38,43). The number of pyridine rings is 1. The molecule has 5 rings (SSSR count). The van der Waals surface area contributed by atoms with Crippen LogP contribution in [0.5, 0.6) is 5.75 Å². The summed E-state index contributed by atoms with van der Waals surface area (Å²) in [5.74, 6) is 0.0108. The summed E-state index contributed by atoms with van der Waals surface area (Å²) in [7, 11) is 1.99. The van der Waals surface area contributed by atoms with Crippen LogP contribution in [-0.4, -0.2) is 83.9 Å². The van der Waals surface area contributed by atoms with Crippen LogP contribution < -0.4 is 10.1 Å². The van der Waals surface area contributed by atoms with E-state index in [-0.39, 0.29) is 29.7 Å². The van der Waals surface area contributed by atoms with Crippen molar-refractivity contribution in [1.82, 2.24) is 19.7 Å². The lowest BCUT2D eigenvalue weighted by Crippen LogP contribution is -2.44. The predicted molar refractivity (Wildman–Crippen MR) is 162 cm³/mol. The van der Waals surface area contributed by atoms with Crippen LogP contribution in [0.3, 0.4) is 0 Å². The molecule has 3 aromatic rings. The van der Waals surface area contributed by atoms with E-state index >= 15 is 0 Å². The number of likely N-dealkylation sites (tertiary alicyclic amines) is 1. The molecule has 0 spiro atoms. The van der Waals surface area contributed by atoms with Crippen molar-refractivity contribution < 1.29 is 27.5 Å². The summed E-state index contributed by atoms with van der Waals surface area (Å²) >= 11 is 0. The average molecular weight is 610 g/mol. The topological polar surface area (TPSA) is 78.0 Å². The SMILES string of the molecule is Cc1ccc(NC(=O)c2ccc(CN3CCN(C)CC3)c(C(F)(F)F)c2)cc1OC1CCN(C(=O)Cc2cccnc2)CC1. The Labute approximate surface area is 255 Å². The van der Waals surface area contributed by atoms with Crippen LogP contribution in [0.15, 0.2) is 60.9 Å². The summed E-state index contributed by atoms with van der Waals surface area (Å²) in [6.45, 7) is 6.21. The lowest BCUT2D eigenvalue weighted by molar-refractivity contribution is -0.138. The van der Waals surface area contributed by atoms with Gasteiger partial charge >= 0.3 is 6.18 Å². The van der Waals surface area contributed by atoms with Crippen molar-refractivity contribution in [2.45, 2.75) is 45.0 Å². The molecule has 2 fully saturated rings. The Kier molecular flexibility index (Phi) is 9.85. The fraction of sp³-hybridized carbons (Fsp3) is 0.424. The van der Waals surface area contributed by atoms with Gasteiger partial charge in [-0.05, 0) is 54.9 Å². The maximum atomic E-state index is 14.0. The van der Waals surface area contributed by atoms with Gasteiger partial charge in [-0.3, -0.25) is 19.5 Å². The fourth-order valence-electron chi connectivity index (χ4n) is 5.57. The van der Waals surface area contributed by atoms with Gasteiger partial charge in [-0.2, -0.15) is 13.2 Å². The number of amides is 2. The quantitative estimate of drug-likeness (QED) is 0.387. The fourth-order valence-corrected chi connectivity index (χ4v) is 5.57. The first-order valence-electron chi connectivity index (χ1n) is 14.9. The molecule has 11 heteroatoms. The third-order valence-corrected chi connectivity index (χ3v) is 8.28. The Morgan fingerprint density at radius 1 is 1.00 bits per heavy atom. The number of likely N-dealkylation sites (N-methyl/N-ethyl adjacent to an activating group) is 1. The van der Waals surface area contributed by atoms with Gasteiger partial charge in [0.05, 0.1) is 12.0 Å². The lowest BCUT2D eigenvalue weighted by Gasteiger charge is -2.33. The molecule has 0 saturated carbocycles. The zero-order chi connectivity index (χ0) is 31.3. The number of nitrogens with zero attached hydrogens (tertiary/aromatic N) is 4. The molecule has 2 aromatic carbocycles. The number of aryl methyl sites for hydroxylation is 1. The molecule has 0 radical (unpaired) electrons. The Morgan fingerprint density at radius 2 is 1.75 bits per heavy atom. The van der Waals surface area contributed by atoms with Crippen molar-refractivity contribution in [1.29, 1.82) is 0 Å². The summed E-state index contributed by atoms with van der Waals surface area (Å²) in [4.78, 5) is 35.8. The van der Waals surface area contributed by atoms with Gasteiger partial charge in [0.25, 0.3) is 5.91 Å². The number of carbonyl (C=O) groups excluding carboxylic acids is 2. The minimum absolute atomic E-state index is 0.0541. The van der Waals surface area contributed by atoms with Gasteiger partial charge in [-0.25, -0.2) is 0 Å². The highest BCUT2D eigenvalue weighted by Gasteiger charge is 2.35. The van der Waals surface area contributed by atoms with Crippen LogP contribution in [0.25, 0.3) is 0 Å². The molecule has 0 atom stereocenters. The molecule has 0 aliphatic carbocycles. The van der Waals surface area contributed by atoms with E-state index in [1.54, 1.807) is 30.6 Å². The van der Waals surface area contributed by atoms with E-state index in [9.17, 15) is 22.8 Å². The molecule has 234 valence electrons. The number of benzene rings is 2. The van der Waals surface area contributed by atoms with E-state index < -0.39 is 17.6 Å². The number of aromatic nitrogens is 1. The van der Waals surface area contributed by atoms with Crippen molar-refractivity contribution in [2.24, 2.45) is 0 Å². The molecule has 44 heavy (non-hydrogen) atoms. The van der Waals surface area contributed by atoms with Crippen molar-refractivity contribution in [2.75, 3.05) is 51.6 Å². The van der Waals surface area contributed by atoms with Crippen LogP contribution in [0.2, 0.25) is 0 Å². The summed E-state index contributed by atoms with van der Waals surface area (Å²) in [6, 6.07) is 12.7. The number of rotatable bonds is 8. The third-order valence-electron chi connectivity index (χ3n) is 8.28. The number of hydrogen-bond acceptors (Lipinski definition) is 6. The molecule has 1 N–H and O–H groups in total. The Hall–Kier alpha value is -3.96. The molecule has 0 bridgehead atoms. The van der Waals surface area contributed by atoms with Gasteiger partial charge in [0, 0.05) is 88.4 Å². The van der Waals surface area contributed by atoms with E-state index in [4.69, 9.17) is 4.74 Å². The van der Waals surface area contributed by atoms with Crippen molar-refractivity contribution in [3.63, 3.8) is 0 Å². The van der Waals surface area contributed by atoms with E-state index in [0.29, 0.717) is 56.9 Å². The number of halogens is 3. The number of hydrogen-bond donors (Lipinski definition) is 1. The van der Waals surface area contributed by atoms with E-state index in [1.807, 2.05) is 35.9 Å². The second kappa shape index (κ2) is 13.8. The van der Waals surface area contributed by atoms with Crippen molar-refractivity contribution >= 4 is 17.5 Å². The highest BCUT2D eigenvalue weighted by atomic mass is 19.4. The lowest BCUT2D eigenvalue weighted by atomic mass is 10.0. The van der Waals surface area contributed by atoms with Crippen molar-refractivity contribution in [3.8, 4) is 5.75 Å². The number of alkyl halides is 3. The highest BCUT2D eigenvalue weighted by Crippen LogP contribution is 2.34. The van der Waals surface area contributed by atoms with Gasteiger partial charge in [0.1, 0.15) is 11.9 Å². The molecular formula is C33H38F3N5O3. The Balaban J connectivity index is 1.20. The highest BCUT2D eigenvalue weighted by molar-refractivity contribution is 6.04. The van der Waals surface area contributed by atoms with E-state index in [1.165, 1.54) is 12.1 Å². The first-order valence-corrected chi connectivity index (χ1v) is 14.9. The maximum absolute atomic E-state index is 14.0. The molecule has 8 nitrogen and oxygen atoms in total. The number of nitrogens with one attached hydrogen (secondary N) is 1. The number of piperazine rings is 1. The normalized spacial score (nSPS) is 17.0. The molecule has 1 aromatic heterocycles. The van der Waals surface area contributed by atoms with E-state index in [0.717, 1.165) is 30.3 Å². The molecule has 2 aliphatic rings. The van der Waals surface area contributed by atoms with Crippen molar-refractivity contribution in [3.05, 3.63) is 88.7 Å². The molecule has 2 aliphatic heterocycles. The summed E-state index contributed by atoms with van der Waals surface area (Å²) in [6.07, 6.45) is 0.318. The van der Waals surface area contributed by atoms with Gasteiger partial charge in [-0.15, -0.1) is 0 Å². The zero-order valence-corrected chi connectivity index (χ0v) is 25.1. The molecular weight excluding hydrogens is 571 g/mol. The molecule has 2 saturated heterocycles. The number of carbonyl (C=O) groups is 2. The largest absolute Gasteiger partial charge is 0.490 e. The van der Waals surface area contributed by atoms with Gasteiger partial charge < -0.3 is 19.9 Å². The summed E-state index contributed by atoms with van der Waals surface area (Å²) in [5, 5.41) is 2.73. The van der Waals surface area contributed by atoms with E-state index in [2.05, 4.69) is 15.2 Å². The molecule has 3 heterocycles. The molecule has 2 amide bonds. The Bertz CT molecular complexity index is 1450. The summed E-state index contributed by atoms with van der Waals surface area (Å²) < 4.78 is 48.3. The van der Waals surface area contributed by atoms with Crippen LogP contribution in [-0.2, 0) is 23.9 Å². The van der Waals surface area contributed by atoms with Crippen LogP contribution in [0.1, 0.15) is 45.5 Å². The smallest absolute Gasteiger partial charge is 0.416 e. The zero-order valence-electron chi connectivity index (χ0n) is 25.1. The minimum Gasteiger partial charge on any atom is -0.490 e. The summed E-state index contributed by atoms with van der Waals surface area (Å²) in [5.41, 5.74) is 1.48. The second-order valence-corrected chi connectivity index (χ2v) is 11.6. The maximum Gasteiger partial charge on any atom is 0.416 e. The number of anilines is 1. The van der Waals surface area contributed by atoms with Gasteiger partial charge in [0.2, 0.25) is 5.91 Å².